The number of hydrogen-bond donors (Lipinski definition) is 0. The van der Waals surface area contributed by atoms with Crippen LogP contribution in [0.2, 0.25) is 0 Å². The third-order valence-corrected chi connectivity index (χ3v) is 4.04. The molecule has 1 aliphatic heterocycles. The van der Waals surface area contributed by atoms with Crippen LogP contribution in [0.4, 0.5) is 0 Å². The summed E-state index contributed by atoms with van der Waals surface area (Å²) in [7, 11) is 1.38. The summed E-state index contributed by atoms with van der Waals surface area (Å²) in [5.74, 6) is 0.187. The average Bonchev–Trinajstić information content (AvgIpc) is 2.49. The highest BCUT2D eigenvalue weighted by atomic mass is 32.2. The number of fused-ring (bicyclic) bond motifs is 1. The molecule has 2 rings (SSSR count). The molecule has 1 atom stereocenters. The van der Waals surface area contributed by atoms with Gasteiger partial charge in [-0.2, -0.15) is 0 Å². The topological polar surface area (TPSA) is 43.4 Å². The number of thioether (sulfide) groups is 1. The van der Waals surface area contributed by atoms with Crippen LogP contribution in [0.1, 0.15) is 21.5 Å². The first kappa shape index (κ1) is 12.2. The van der Waals surface area contributed by atoms with E-state index in [0.717, 1.165) is 16.7 Å². The minimum absolute atomic E-state index is 0.0973. The summed E-state index contributed by atoms with van der Waals surface area (Å²) in [5, 5.41) is -0.270. The van der Waals surface area contributed by atoms with E-state index < -0.39 is 0 Å². The van der Waals surface area contributed by atoms with E-state index >= 15 is 0 Å². The number of carbonyl (C=O) groups is 2. The molecule has 1 aromatic carbocycles. The number of methoxy groups -OCH3 is 1. The summed E-state index contributed by atoms with van der Waals surface area (Å²) in [6.07, 6.45) is 0.568. The third-order valence-electron chi connectivity index (χ3n) is 2.85. The van der Waals surface area contributed by atoms with E-state index in [0.29, 0.717) is 12.2 Å². The number of esters is 1. The molecule has 17 heavy (non-hydrogen) atoms. The first-order valence-electron chi connectivity index (χ1n) is 5.44. The van der Waals surface area contributed by atoms with E-state index in [9.17, 15) is 9.59 Å². The zero-order chi connectivity index (χ0) is 12.4. The standard InChI is InChI=1S/C13H14O3S/c1-8-3-4-9-6-12(13(15)16-2)17-7-11(14)10(9)5-8/h3-5,12H,6-7H2,1-2H3. The Bertz CT molecular complexity index is 468. The molecule has 1 aromatic rings. The van der Waals surface area contributed by atoms with Crippen molar-refractivity contribution < 1.29 is 14.3 Å². The Morgan fingerprint density at radius 3 is 2.94 bits per heavy atom. The number of ether oxygens (including phenoxy) is 1. The molecule has 0 saturated carbocycles. The molecule has 0 N–H and O–H groups in total. The van der Waals surface area contributed by atoms with Crippen LogP contribution in [0.15, 0.2) is 18.2 Å². The maximum Gasteiger partial charge on any atom is 0.319 e. The fraction of sp³-hybridized carbons (Fsp3) is 0.385. The van der Waals surface area contributed by atoms with E-state index in [2.05, 4.69) is 0 Å². The van der Waals surface area contributed by atoms with Crippen LogP contribution < -0.4 is 0 Å². The highest BCUT2D eigenvalue weighted by Crippen LogP contribution is 2.27. The maximum atomic E-state index is 11.9. The highest BCUT2D eigenvalue weighted by molar-refractivity contribution is 8.01. The van der Waals surface area contributed by atoms with Gasteiger partial charge in [-0.3, -0.25) is 9.59 Å². The zero-order valence-corrected chi connectivity index (χ0v) is 10.7. The molecule has 90 valence electrons. The van der Waals surface area contributed by atoms with Crippen molar-refractivity contribution in [1.82, 2.24) is 0 Å². The van der Waals surface area contributed by atoms with Gasteiger partial charge in [0.25, 0.3) is 0 Å². The summed E-state index contributed by atoms with van der Waals surface area (Å²) >= 11 is 1.36. The Hall–Kier alpha value is -1.29. The Kier molecular flexibility index (Phi) is 3.52. The third kappa shape index (κ3) is 2.52. The lowest BCUT2D eigenvalue weighted by molar-refractivity contribution is -0.139. The fourth-order valence-corrected chi connectivity index (χ4v) is 2.96. The Morgan fingerprint density at radius 2 is 2.24 bits per heavy atom. The lowest BCUT2D eigenvalue weighted by Gasteiger charge is -2.11. The lowest BCUT2D eigenvalue weighted by Crippen LogP contribution is -2.21. The normalized spacial score (nSPS) is 19.4. The lowest BCUT2D eigenvalue weighted by atomic mass is 9.98. The van der Waals surface area contributed by atoms with E-state index in [4.69, 9.17) is 4.74 Å². The van der Waals surface area contributed by atoms with E-state index in [1.807, 2.05) is 25.1 Å². The molecular weight excluding hydrogens is 236 g/mol. The van der Waals surface area contributed by atoms with Gasteiger partial charge in [0.2, 0.25) is 0 Å². The molecule has 4 heteroatoms. The van der Waals surface area contributed by atoms with Gasteiger partial charge in [0.15, 0.2) is 5.78 Å². The van der Waals surface area contributed by atoms with Gasteiger partial charge in [0, 0.05) is 5.56 Å². The van der Waals surface area contributed by atoms with Crippen LogP contribution in [-0.4, -0.2) is 29.9 Å². The van der Waals surface area contributed by atoms with Crippen molar-refractivity contribution in [3.05, 3.63) is 34.9 Å². The van der Waals surface area contributed by atoms with Crippen LogP contribution in [0.5, 0.6) is 0 Å². The molecular formula is C13H14O3S. The van der Waals surface area contributed by atoms with Crippen molar-refractivity contribution in [3.8, 4) is 0 Å². The van der Waals surface area contributed by atoms with Crippen molar-refractivity contribution in [2.45, 2.75) is 18.6 Å². The molecule has 0 saturated heterocycles. The first-order chi connectivity index (χ1) is 8.11. The average molecular weight is 250 g/mol. The van der Waals surface area contributed by atoms with Gasteiger partial charge in [-0.1, -0.05) is 17.7 Å². The monoisotopic (exact) mass is 250 g/mol. The molecule has 0 fully saturated rings. The molecule has 1 unspecified atom stereocenters. The number of rotatable bonds is 1. The minimum atomic E-state index is -0.270. The number of hydrogen-bond acceptors (Lipinski definition) is 4. The smallest absolute Gasteiger partial charge is 0.319 e. The second-order valence-electron chi connectivity index (χ2n) is 4.11. The number of Topliss-reactive ketones (excluding diaryl/α,β-unsaturated/α-hetero) is 1. The largest absolute Gasteiger partial charge is 0.468 e. The number of aryl methyl sites for hydroxylation is 1. The van der Waals surface area contributed by atoms with Crippen LogP contribution in [0.25, 0.3) is 0 Å². The van der Waals surface area contributed by atoms with Gasteiger partial charge in [0.1, 0.15) is 5.25 Å². The van der Waals surface area contributed by atoms with E-state index in [-0.39, 0.29) is 17.0 Å². The van der Waals surface area contributed by atoms with Crippen molar-refractivity contribution in [1.29, 1.82) is 0 Å². The fourth-order valence-electron chi connectivity index (χ4n) is 1.92. The quantitative estimate of drug-likeness (QED) is 0.715. The summed E-state index contributed by atoms with van der Waals surface area (Å²) in [6, 6.07) is 5.80. The van der Waals surface area contributed by atoms with Crippen LogP contribution in [0.3, 0.4) is 0 Å². The Morgan fingerprint density at radius 1 is 1.47 bits per heavy atom. The summed E-state index contributed by atoms with van der Waals surface area (Å²) in [5.41, 5.74) is 2.77. The maximum absolute atomic E-state index is 11.9. The van der Waals surface area contributed by atoms with Crippen molar-refractivity contribution in [2.24, 2.45) is 0 Å². The summed E-state index contributed by atoms with van der Waals surface area (Å²) < 4.78 is 4.75. The molecule has 0 aromatic heterocycles. The molecule has 1 aliphatic rings. The predicted octanol–water partition coefficient (Wildman–Crippen LogP) is 2.01. The van der Waals surface area contributed by atoms with Crippen LogP contribution >= 0.6 is 11.8 Å². The molecule has 0 bridgehead atoms. The van der Waals surface area contributed by atoms with Crippen LogP contribution in [0, 0.1) is 6.92 Å². The molecule has 1 heterocycles. The zero-order valence-electron chi connectivity index (χ0n) is 9.86. The predicted molar refractivity (Wildman–Crippen MR) is 67.5 cm³/mol. The summed E-state index contributed by atoms with van der Waals surface area (Å²) in [4.78, 5) is 23.5. The molecule has 0 aliphatic carbocycles. The van der Waals surface area contributed by atoms with E-state index in [1.165, 1.54) is 18.9 Å². The highest BCUT2D eigenvalue weighted by Gasteiger charge is 2.27. The second kappa shape index (κ2) is 4.92. The summed E-state index contributed by atoms with van der Waals surface area (Å²) in [6.45, 7) is 1.96. The van der Waals surface area contributed by atoms with Crippen LogP contribution in [-0.2, 0) is 16.0 Å². The van der Waals surface area contributed by atoms with Crippen molar-refractivity contribution in [2.75, 3.05) is 12.9 Å². The first-order valence-corrected chi connectivity index (χ1v) is 6.49. The van der Waals surface area contributed by atoms with Gasteiger partial charge < -0.3 is 4.74 Å². The number of benzene rings is 1. The molecule has 0 radical (unpaired) electrons. The molecule has 3 nitrogen and oxygen atoms in total. The minimum Gasteiger partial charge on any atom is -0.468 e. The van der Waals surface area contributed by atoms with Gasteiger partial charge in [-0.05, 0) is 25.0 Å². The SMILES string of the molecule is COC(=O)C1Cc2ccc(C)cc2C(=O)CS1. The number of ketones is 1. The molecule has 0 spiro atoms. The Labute approximate surface area is 105 Å². The van der Waals surface area contributed by atoms with Crippen molar-refractivity contribution >= 4 is 23.5 Å². The van der Waals surface area contributed by atoms with Gasteiger partial charge >= 0.3 is 5.97 Å². The molecule has 0 amide bonds. The van der Waals surface area contributed by atoms with Gasteiger partial charge in [-0.15, -0.1) is 11.8 Å². The van der Waals surface area contributed by atoms with Gasteiger partial charge in [0.05, 0.1) is 12.9 Å². The van der Waals surface area contributed by atoms with Gasteiger partial charge in [-0.25, -0.2) is 0 Å². The second-order valence-corrected chi connectivity index (χ2v) is 5.30. The number of carbonyl (C=O) groups excluding carboxylic acids is 2. The Balaban J connectivity index is 2.35. The van der Waals surface area contributed by atoms with Crippen molar-refractivity contribution in [3.63, 3.8) is 0 Å². The van der Waals surface area contributed by atoms with E-state index in [1.54, 1.807) is 0 Å².